The van der Waals surface area contributed by atoms with Gasteiger partial charge in [0.2, 0.25) is 0 Å². The minimum Gasteiger partial charge on any atom is -0.480 e. The summed E-state index contributed by atoms with van der Waals surface area (Å²) in [4.78, 5) is 21.9. The molecule has 1 aromatic carbocycles. The number of urea groups is 1. The van der Waals surface area contributed by atoms with Crippen molar-refractivity contribution in [3.8, 4) is 0 Å². The van der Waals surface area contributed by atoms with Gasteiger partial charge in [-0.2, -0.15) is 13.2 Å². The van der Waals surface area contributed by atoms with E-state index >= 15 is 0 Å². The van der Waals surface area contributed by atoms with Crippen LogP contribution < -0.4 is 10.6 Å². The van der Waals surface area contributed by atoms with Gasteiger partial charge in [-0.25, -0.2) is 4.79 Å². The van der Waals surface area contributed by atoms with Crippen LogP contribution >= 0.6 is 11.6 Å². The third-order valence-electron chi connectivity index (χ3n) is 2.20. The lowest BCUT2D eigenvalue weighted by atomic mass is 10.2. The molecule has 3 N–H and O–H groups in total. The van der Waals surface area contributed by atoms with Crippen LogP contribution in [0.3, 0.4) is 0 Å². The van der Waals surface area contributed by atoms with Gasteiger partial charge in [-0.15, -0.1) is 0 Å². The molecule has 0 aliphatic heterocycles. The summed E-state index contributed by atoms with van der Waals surface area (Å²) >= 11 is 5.53. The van der Waals surface area contributed by atoms with Gasteiger partial charge in [0.15, 0.2) is 0 Å². The topological polar surface area (TPSA) is 78.4 Å². The zero-order chi connectivity index (χ0) is 15.5. The number of carboxylic acid groups (broad SMARTS) is 1. The standard InChI is InChI=1S/C11H10ClF3N2O3/c1-5(9(18)19)16-10(20)17-8-3-6(11(13,14)15)2-7(12)4-8/h2-5H,1H3,(H,18,19)(H2,16,17,20). The molecule has 20 heavy (non-hydrogen) atoms. The van der Waals surface area contributed by atoms with Gasteiger partial charge in [0, 0.05) is 10.7 Å². The van der Waals surface area contributed by atoms with E-state index in [0.29, 0.717) is 12.1 Å². The zero-order valence-electron chi connectivity index (χ0n) is 10.1. The molecule has 0 heterocycles. The molecular formula is C11H10ClF3N2O3. The molecule has 0 radical (unpaired) electrons. The highest BCUT2D eigenvalue weighted by Gasteiger charge is 2.31. The van der Waals surface area contributed by atoms with Crippen LogP contribution in [0.2, 0.25) is 5.02 Å². The number of anilines is 1. The molecule has 0 bridgehead atoms. The van der Waals surface area contributed by atoms with E-state index < -0.39 is 29.8 Å². The predicted octanol–water partition coefficient (Wildman–Crippen LogP) is 2.95. The van der Waals surface area contributed by atoms with Crippen molar-refractivity contribution in [3.05, 3.63) is 28.8 Å². The second kappa shape index (κ2) is 6.00. The average Bonchev–Trinajstić information content (AvgIpc) is 2.26. The van der Waals surface area contributed by atoms with Gasteiger partial charge >= 0.3 is 18.2 Å². The highest BCUT2D eigenvalue weighted by molar-refractivity contribution is 6.31. The molecule has 0 saturated carbocycles. The molecule has 0 spiro atoms. The van der Waals surface area contributed by atoms with Gasteiger partial charge < -0.3 is 15.7 Å². The molecule has 1 rings (SSSR count). The SMILES string of the molecule is CC(NC(=O)Nc1cc(Cl)cc(C(F)(F)F)c1)C(=O)O. The molecule has 2 amide bonds. The van der Waals surface area contributed by atoms with E-state index in [1.807, 2.05) is 5.32 Å². The second-order valence-electron chi connectivity index (χ2n) is 3.88. The number of halogens is 4. The van der Waals surface area contributed by atoms with Crippen molar-refractivity contribution in [2.24, 2.45) is 0 Å². The number of carbonyl (C=O) groups is 2. The van der Waals surface area contributed by atoms with Crippen LogP contribution in [0.4, 0.5) is 23.7 Å². The minimum atomic E-state index is -4.60. The van der Waals surface area contributed by atoms with Crippen LogP contribution in [0.5, 0.6) is 0 Å². The third kappa shape index (κ3) is 4.61. The fourth-order valence-electron chi connectivity index (χ4n) is 1.25. The number of benzene rings is 1. The maximum absolute atomic E-state index is 12.5. The Bertz CT molecular complexity index is 534. The highest BCUT2D eigenvalue weighted by Crippen LogP contribution is 2.33. The molecule has 0 saturated heterocycles. The van der Waals surface area contributed by atoms with E-state index in [-0.39, 0.29) is 10.7 Å². The molecule has 0 fully saturated rings. The Hall–Kier alpha value is -1.96. The van der Waals surface area contributed by atoms with Gasteiger partial charge in [0.1, 0.15) is 6.04 Å². The van der Waals surface area contributed by atoms with E-state index in [4.69, 9.17) is 16.7 Å². The van der Waals surface area contributed by atoms with Crippen LogP contribution in [0.25, 0.3) is 0 Å². The largest absolute Gasteiger partial charge is 0.480 e. The lowest BCUT2D eigenvalue weighted by Crippen LogP contribution is -2.40. The van der Waals surface area contributed by atoms with Gasteiger partial charge in [0.25, 0.3) is 0 Å². The second-order valence-corrected chi connectivity index (χ2v) is 4.32. The van der Waals surface area contributed by atoms with E-state index in [0.717, 1.165) is 6.07 Å². The predicted molar refractivity (Wildman–Crippen MR) is 65.7 cm³/mol. The molecule has 1 aromatic rings. The number of amides is 2. The van der Waals surface area contributed by atoms with Crippen LogP contribution in [0, 0.1) is 0 Å². The van der Waals surface area contributed by atoms with E-state index in [2.05, 4.69) is 5.32 Å². The summed E-state index contributed by atoms with van der Waals surface area (Å²) in [7, 11) is 0. The van der Waals surface area contributed by atoms with Crippen molar-refractivity contribution in [1.29, 1.82) is 0 Å². The average molecular weight is 311 g/mol. The number of nitrogens with one attached hydrogen (secondary N) is 2. The molecule has 110 valence electrons. The summed E-state index contributed by atoms with van der Waals surface area (Å²) in [6.45, 7) is 1.21. The minimum absolute atomic E-state index is 0.195. The monoisotopic (exact) mass is 310 g/mol. The molecule has 0 aliphatic rings. The van der Waals surface area contributed by atoms with Crippen LogP contribution in [0.15, 0.2) is 18.2 Å². The number of rotatable bonds is 3. The van der Waals surface area contributed by atoms with Gasteiger partial charge in [-0.3, -0.25) is 4.79 Å². The molecule has 0 aromatic heterocycles. The molecule has 0 aliphatic carbocycles. The summed E-state index contributed by atoms with van der Waals surface area (Å²) in [6, 6.07) is 0.384. The van der Waals surface area contributed by atoms with Gasteiger partial charge in [-0.1, -0.05) is 11.6 Å². The van der Waals surface area contributed by atoms with Crippen LogP contribution in [0.1, 0.15) is 12.5 Å². The Morgan fingerprint density at radius 2 is 1.90 bits per heavy atom. The van der Waals surface area contributed by atoms with Gasteiger partial charge in [0.05, 0.1) is 5.56 Å². The quantitative estimate of drug-likeness (QED) is 0.803. The Morgan fingerprint density at radius 1 is 1.30 bits per heavy atom. The number of hydrogen-bond donors (Lipinski definition) is 3. The molecular weight excluding hydrogens is 301 g/mol. The molecule has 9 heteroatoms. The first kappa shape index (κ1) is 16.1. The van der Waals surface area contributed by atoms with E-state index in [9.17, 15) is 22.8 Å². The van der Waals surface area contributed by atoms with Crippen molar-refractivity contribution < 1.29 is 27.9 Å². The Labute approximate surface area is 116 Å². The van der Waals surface area contributed by atoms with Crippen molar-refractivity contribution >= 4 is 29.3 Å². The molecule has 1 unspecified atom stereocenters. The van der Waals surface area contributed by atoms with Crippen LogP contribution in [-0.4, -0.2) is 23.1 Å². The fourth-order valence-corrected chi connectivity index (χ4v) is 1.49. The van der Waals surface area contributed by atoms with Crippen molar-refractivity contribution in [2.45, 2.75) is 19.1 Å². The summed E-state index contributed by atoms with van der Waals surface area (Å²) < 4.78 is 37.6. The molecule has 1 atom stereocenters. The number of aliphatic carboxylic acids is 1. The Balaban J connectivity index is 2.85. The number of carboxylic acids is 1. The Morgan fingerprint density at radius 3 is 2.40 bits per heavy atom. The number of hydrogen-bond acceptors (Lipinski definition) is 2. The van der Waals surface area contributed by atoms with Crippen molar-refractivity contribution in [2.75, 3.05) is 5.32 Å². The maximum Gasteiger partial charge on any atom is 0.416 e. The van der Waals surface area contributed by atoms with Gasteiger partial charge in [-0.05, 0) is 25.1 Å². The zero-order valence-corrected chi connectivity index (χ0v) is 10.8. The van der Waals surface area contributed by atoms with Crippen molar-refractivity contribution in [1.82, 2.24) is 5.32 Å². The third-order valence-corrected chi connectivity index (χ3v) is 2.42. The summed E-state index contributed by atoms with van der Waals surface area (Å²) in [5, 5.41) is 12.5. The normalized spacial score (nSPS) is 12.7. The first-order chi connectivity index (χ1) is 9.09. The first-order valence-electron chi connectivity index (χ1n) is 5.27. The fraction of sp³-hybridized carbons (Fsp3) is 0.273. The Kier molecular flexibility index (Phi) is 4.83. The lowest BCUT2D eigenvalue weighted by molar-refractivity contribution is -0.139. The maximum atomic E-state index is 12.5. The summed E-state index contributed by atoms with van der Waals surface area (Å²) in [5.41, 5.74) is -1.22. The first-order valence-corrected chi connectivity index (χ1v) is 5.65. The van der Waals surface area contributed by atoms with E-state index in [1.54, 1.807) is 0 Å². The van der Waals surface area contributed by atoms with Crippen molar-refractivity contribution in [3.63, 3.8) is 0 Å². The van der Waals surface area contributed by atoms with Crippen LogP contribution in [-0.2, 0) is 11.0 Å². The van der Waals surface area contributed by atoms with E-state index in [1.165, 1.54) is 6.92 Å². The smallest absolute Gasteiger partial charge is 0.416 e. The number of alkyl halides is 3. The molecule has 5 nitrogen and oxygen atoms in total. The summed E-state index contributed by atoms with van der Waals surface area (Å²) in [6.07, 6.45) is -4.60. The highest BCUT2D eigenvalue weighted by atomic mass is 35.5. The lowest BCUT2D eigenvalue weighted by Gasteiger charge is -2.13. The number of carbonyl (C=O) groups excluding carboxylic acids is 1. The summed E-state index contributed by atoms with van der Waals surface area (Å²) in [5.74, 6) is -1.28.